The molecule has 4 N–H and O–H groups in total. The fraction of sp³-hybridized carbons (Fsp3) is 0.714. The smallest absolute Gasteiger partial charge is 0.203 e. The fourth-order valence-corrected chi connectivity index (χ4v) is 1.12. The Morgan fingerprint density at radius 3 is 2.62 bits per heavy atom. The van der Waals surface area contributed by atoms with E-state index >= 15 is 0 Å². The van der Waals surface area contributed by atoms with Crippen LogP contribution in [-0.4, -0.2) is 42.8 Å². The van der Waals surface area contributed by atoms with Crippen LogP contribution in [0.4, 0.5) is 0 Å². The van der Waals surface area contributed by atoms with Crippen LogP contribution < -0.4 is 16.6 Å². The van der Waals surface area contributed by atoms with Gasteiger partial charge in [-0.25, -0.2) is 5.01 Å². The van der Waals surface area contributed by atoms with Crippen LogP contribution in [0.25, 0.3) is 0 Å². The summed E-state index contributed by atoms with van der Waals surface area (Å²) < 4.78 is 0. The zero-order valence-electron chi connectivity index (χ0n) is 7.71. The van der Waals surface area contributed by atoms with Crippen LogP contribution in [0.2, 0.25) is 0 Å². The minimum absolute atomic E-state index is 0.152. The van der Waals surface area contributed by atoms with E-state index in [0.717, 1.165) is 26.2 Å². The monoisotopic (exact) mass is 185 g/mol. The van der Waals surface area contributed by atoms with Crippen LogP contribution >= 0.6 is 0 Å². The van der Waals surface area contributed by atoms with Gasteiger partial charge in [-0.1, -0.05) is 0 Å². The van der Waals surface area contributed by atoms with Gasteiger partial charge in [-0.15, -0.1) is 0 Å². The average molecular weight is 185 g/mol. The summed E-state index contributed by atoms with van der Waals surface area (Å²) in [6.07, 6.45) is 0. The highest BCUT2D eigenvalue weighted by atomic mass is 16.1. The summed E-state index contributed by atoms with van der Waals surface area (Å²) >= 11 is 0. The van der Waals surface area contributed by atoms with Crippen LogP contribution in [0.3, 0.4) is 0 Å². The van der Waals surface area contributed by atoms with Crippen molar-refractivity contribution in [2.45, 2.75) is 6.92 Å². The van der Waals surface area contributed by atoms with Gasteiger partial charge in [-0.05, 0) is 0 Å². The molecule has 1 fully saturated rings. The van der Waals surface area contributed by atoms with Crippen LogP contribution in [0.15, 0.2) is 5.10 Å². The number of Topliss-reactive ketones (excluding diaryl/α,β-unsaturated/α-hetero) is 1. The predicted molar refractivity (Wildman–Crippen MR) is 49.9 cm³/mol. The zero-order chi connectivity index (χ0) is 9.68. The molecule has 1 aliphatic heterocycles. The number of hydrazone groups is 1. The van der Waals surface area contributed by atoms with E-state index < -0.39 is 0 Å². The number of hydrazine groups is 1. The maximum absolute atomic E-state index is 10.9. The first-order valence-electron chi connectivity index (χ1n) is 4.25. The molecule has 0 bridgehead atoms. The van der Waals surface area contributed by atoms with E-state index in [9.17, 15) is 4.79 Å². The van der Waals surface area contributed by atoms with Gasteiger partial charge in [0.2, 0.25) is 5.84 Å². The van der Waals surface area contributed by atoms with Crippen LogP contribution in [0, 0.1) is 0 Å². The second-order valence-corrected chi connectivity index (χ2v) is 2.88. The van der Waals surface area contributed by atoms with E-state index in [1.807, 2.05) is 5.01 Å². The molecule has 6 heteroatoms. The van der Waals surface area contributed by atoms with Crippen LogP contribution in [0.5, 0.6) is 0 Å². The van der Waals surface area contributed by atoms with Gasteiger partial charge < -0.3 is 11.2 Å². The Morgan fingerprint density at radius 1 is 1.54 bits per heavy atom. The lowest BCUT2D eigenvalue weighted by Crippen LogP contribution is -2.53. The Bertz CT molecular complexity index is 209. The Morgan fingerprint density at radius 2 is 2.15 bits per heavy atom. The first kappa shape index (κ1) is 9.94. The SMILES string of the molecule is CC(=O)C(=NN)NN1CCNCC1. The summed E-state index contributed by atoms with van der Waals surface area (Å²) in [5.74, 6) is 5.11. The van der Waals surface area contributed by atoms with E-state index in [-0.39, 0.29) is 11.6 Å². The highest BCUT2D eigenvalue weighted by Crippen LogP contribution is 1.87. The van der Waals surface area contributed by atoms with Crippen LogP contribution in [0.1, 0.15) is 6.92 Å². The van der Waals surface area contributed by atoms with Crippen molar-refractivity contribution in [2.75, 3.05) is 26.2 Å². The normalized spacial score (nSPS) is 19.9. The van der Waals surface area contributed by atoms with Crippen molar-refractivity contribution in [1.29, 1.82) is 0 Å². The molecule has 0 radical (unpaired) electrons. The van der Waals surface area contributed by atoms with Gasteiger partial charge in [0, 0.05) is 33.1 Å². The van der Waals surface area contributed by atoms with Gasteiger partial charge in [0.15, 0.2) is 5.78 Å². The lowest BCUT2D eigenvalue weighted by atomic mass is 10.4. The summed E-state index contributed by atoms with van der Waals surface area (Å²) in [5, 5.41) is 8.49. The molecule has 74 valence electrons. The van der Waals surface area contributed by atoms with Crippen molar-refractivity contribution >= 4 is 11.6 Å². The second-order valence-electron chi connectivity index (χ2n) is 2.88. The van der Waals surface area contributed by atoms with Crippen molar-refractivity contribution in [3.05, 3.63) is 0 Å². The van der Waals surface area contributed by atoms with E-state index in [0.29, 0.717) is 0 Å². The van der Waals surface area contributed by atoms with Gasteiger partial charge in [0.05, 0.1) is 0 Å². The zero-order valence-corrected chi connectivity index (χ0v) is 7.71. The van der Waals surface area contributed by atoms with Gasteiger partial charge in [-0.2, -0.15) is 5.10 Å². The lowest BCUT2D eigenvalue weighted by molar-refractivity contribution is -0.111. The minimum atomic E-state index is -0.152. The number of hydrogen-bond acceptors (Lipinski definition) is 5. The number of nitrogens with two attached hydrogens (primary N) is 1. The number of rotatable bonds is 2. The molecule has 0 atom stereocenters. The van der Waals surface area contributed by atoms with Crippen molar-refractivity contribution in [3.8, 4) is 0 Å². The molecular weight excluding hydrogens is 170 g/mol. The molecule has 0 aromatic carbocycles. The largest absolute Gasteiger partial charge is 0.321 e. The Labute approximate surface area is 77.1 Å². The first-order chi connectivity index (χ1) is 6.24. The second kappa shape index (κ2) is 4.78. The topological polar surface area (TPSA) is 82.8 Å². The Balaban J connectivity index is 2.41. The highest BCUT2D eigenvalue weighted by molar-refractivity contribution is 6.37. The number of ketones is 1. The van der Waals surface area contributed by atoms with Gasteiger partial charge in [-0.3, -0.25) is 10.2 Å². The van der Waals surface area contributed by atoms with E-state index in [2.05, 4.69) is 15.8 Å². The number of piperazine rings is 1. The Kier molecular flexibility index (Phi) is 3.66. The number of amidine groups is 1. The summed E-state index contributed by atoms with van der Waals surface area (Å²) in [6, 6.07) is 0. The molecule has 0 unspecified atom stereocenters. The highest BCUT2D eigenvalue weighted by Gasteiger charge is 2.13. The minimum Gasteiger partial charge on any atom is -0.321 e. The Hall–Kier alpha value is -1.14. The maximum atomic E-state index is 10.9. The number of nitrogens with zero attached hydrogens (tertiary/aromatic N) is 2. The molecule has 0 aromatic rings. The average Bonchev–Trinajstić information content (AvgIpc) is 2.15. The molecule has 0 saturated carbocycles. The number of hydrogen-bond donors (Lipinski definition) is 3. The number of carbonyl (C=O) groups excluding carboxylic acids is 1. The molecular formula is C7H15N5O. The molecule has 13 heavy (non-hydrogen) atoms. The van der Waals surface area contributed by atoms with E-state index in [4.69, 9.17) is 5.84 Å². The third-order valence-electron chi connectivity index (χ3n) is 1.84. The number of nitrogens with one attached hydrogen (secondary N) is 2. The molecule has 0 aliphatic carbocycles. The molecule has 1 rings (SSSR count). The number of carbonyl (C=O) groups is 1. The van der Waals surface area contributed by atoms with E-state index in [1.54, 1.807) is 0 Å². The van der Waals surface area contributed by atoms with Crippen molar-refractivity contribution in [2.24, 2.45) is 10.9 Å². The first-order valence-corrected chi connectivity index (χ1v) is 4.25. The van der Waals surface area contributed by atoms with Gasteiger partial charge >= 0.3 is 0 Å². The molecule has 0 spiro atoms. The van der Waals surface area contributed by atoms with Crippen molar-refractivity contribution < 1.29 is 4.79 Å². The third-order valence-corrected chi connectivity index (χ3v) is 1.84. The third kappa shape index (κ3) is 3.00. The van der Waals surface area contributed by atoms with Gasteiger partial charge in [0.1, 0.15) is 0 Å². The molecule has 1 heterocycles. The molecule has 1 aliphatic rings. The predicted octanol–water partition coefficient (Wildman–Crippen LogP) is -1.74. The molecule has 1 saturated heterocycles. The fourth-order valence-electron chi connectivity index (χ4n) is 1.12. The van der Waals surface area contributed by atoms with Crippen molar-refractivity contribution in [3.63, 3.8) is 0 Å². The van der Waals surface area contributed by atoms with E-state index in [1.165, 1.54) is 6.92 Å². The van der Waals surface area contributed by atoms with Crippen molar-refractivity contribution in [1.82, 2.24) is 15.8 Å². The van der Waals surface area contributed by atoms with Crippen LogP contribution in [-0.2, 0) is 4.79 Å². The summed E-state index contributed by atoms with van der Waals surface area (Å²) in [6.45, 7) is 4.92. The summed E-state index contributed by atoms with van der Waals surface area (Å²) in [5.41, 5.74) is 2.87. The quantitative estimate of drug-likeness (QED) is 0.206. The molecule has 0 amide bonds. The summed E-state index contributed by atoms with van der Waals surface area (Å²) in [7, 11) is 0. The van der Waals surface area contributed by atoms with Gasteiger partial charge in [0.25, 0.3) is 0 Å². The molecule has 0 aromatic heterocycles. The maximum Gasteiger partial charge on any atom is 0.203 e. The standard InChI is InChI=1S/C7H15N5O/c1-6(13)7(10-8)11-12-4-2-9-3-5-12/h9H,2-5,8H2,1H3,(H,10,11). The molecule has 6 nitrogen and oxygen atoms in total. The lowest BCUT2D eigenvalue weighted by Gasteiger charge is -2.27. The summed E-state index contributed by atoms with van der Waals surface area (Å²) in [4.78, 5) is 10.9.